The van der Waals surface area contributed by atoms with E-state index in [1.807, 2.05) is 5.43 Å². The maximum absolute atomic E-state index is 13.5. The fourth-order valence-electron chi connectivity index (χ4n) is 1.93. The van der Waals surface area contributed by atoms with Crippen molar-refractivity contribution < 1.29 is 31.5 Å². The van der Waals surface area contributed by atoms with Crippen LogP contribution in [0, 0.1) is 29.1 Å². The number of benzene rings is 2. The Balaban J connectivity index is 2.04. The van der Waals surface area contributed by atoms with Crippen molar-refractivity contribution in [2.45, 2.75) is 13.0 Å². The topological polar surface area (TPSA) is 70.6 Å². The maximum atomic E-state index is 13.5. The second-order valence-corrected chi connectivity index (χ2v) is 5.28. The lowest BCUT2D eigenvalue weighted by Gasteiger charge is -2.12. The number of nitrogens with zero attached hydrogens (tertiary/aromatic N) is 1. The van der Waals surface area contributed by atoms with Gasteiger partial charge in [-0.05, 0) is 19.1 Å². The molecule has 0 aliphatic carbocycles. The number of hydrogen-bond donors (Lipinski definition) is 2. The Morgan fingerprint density at radius 3 is 2.00 bits per heavy atom. The third-order valence-electron chi connectivity index (χ3n) is 3.39. The van der Waals surface area contributed by atoms with Crippen molar-refractivity contribution in [3.05, 3.63) is 70.5 Å². The van der Waals surface area contributed by atoms with Gasteiger partial charge < -0.3 is 5.32 Å². The summed E-state index contributed by atoms with van der Waals surface area (Å²) < 4.78 is 66.0. The van der Waals surface area contributed by atoms with Gasteiger partial charge >= 0.3 is 0 Å². The van der Waals surface area contributed by atoms with Gasteiger partial charge in [-0.25, -0.2) is 27.4 Å². The first kappa shape index (κ1) is 20.0. The Kier molecular flexibility index (Phi) is 6.22. The number of carbonyl (C=O) groups excluding carboxylic acids is 2. The summed E-state index contributed by atoms with van der Waals surface area (Å²) in [6, 6.07) is 6.87. The molecule has 0 aromatic heterocycles. The van der Waals surface area contributed by atoms with Crippen LogP contribution in [0.3, 0.4) is 0 Å². The van der Waals surface area contributed by atoms with Gasteiger partial charge in [0, 0.05) is 5.56 Å². The summed E-state index contributed by atoms with van der Waals surface area (Å²) in [5.41, 5.74) is 0.821. The van der Waals surface area contributed by atoms with Crippen molar-refractivity contribution >= 4 is 18.0 Å². The summed E-state index contributed by atoms with van der Waals surface area (Å²) in [6.45, 7) is 1.31. The second kappa shape index (κ2) is 8.39. The highest BCUT2D eigenvalue weighted by Crippen LogP contribution is 2.21. The Bertz CT molecular complexity index is 874. The van der Waals surface area contributed by atoms with Crippen molar-refractivity contribution in [1.29, 1.82) is 0 Å². The fraction of sp³-hybridized carbons (Fsp3) is 0.118. The number of amides is 2. The normalized spacial score (nSPS) is 12.1. The Morgan fingerprint density at radius 2 is 1.44 bits per heavy atom. The summed E-state index contributed by atoms with van der Waals surface area (Å²) in [5, 5.41) is 5.52. The largest absolute Gasteiger partial charge is 0.340 e. The maximum Gasteiger partial charge on any atom is 0.262 e. The van der Waals surface area contributed by atoms with E-state index >= 15 is 0 Å². The molecule has 142 valence electrons. The van der Waals surface area contributed by atoms with Crippen LogP contribution in [-0.4, -0.2) is 24.1 Å². The molecular weight excluding hydrogens is 373 g/mol. The summed E-state index contributed by atoms with van der Waals surface area (Å²) >= 11 is 0. The Hall–Kier alpha value is -3.30. The van der Waals surface area contributed by atoms with Gasteiger partial charge in [-0.15, -0.1) is 0 Å². The molecule has 0 aliphatic heterocycles. The lowest BCUT2D eigenvalue weighted by Crippen LogP contribution is -2.43. The molecule has 0 heterocycles. The fourth-order valence-corrected chi connectivity index (χ4v) is 1.93. The smallest absolute Gasteiger partial charge is 0.262 e. The van der Waals surface area contributed by atoms with E-state index in [2.05, 4.69) is 10.4 Å². The number of halogens is 5. The van der Waals surface area contributed by atoms with Crippen LogP contribution in [0.25, 0.3) is 0 Å². The van der Waals surface area contributed by atoms with Gasteiger partial charge in [0.05, 0.1) is 11.8 Å². The summed E-state index contributed by atoms with van der Waals surface area (Å²) in [5.74, 6) is -12.2. The summed E-state index contributed by atoms with van der Waals surface area (Å²) in [6.07, 6.45) is 0.278. The molecule has 0 spiro atoms. The van der Waals surface area contributed by atoms with Crippen LogP contribution in [0.4, 0.5) is 22.0 Å². The number of rotatable bonds is 5. The molecule has 0 aliphatic rings. The van der Waals surface area contributed by atoms with Crippen molar-refractivity contribution in [3.63, 3.8) is 0 Å². The van der Waals surface area contributed by atoms with Gasteiger partial charge in [-0.2, -0.15) is 5.10 Å². The molecule has 0 saturated heterocycles. The van der Waals surface area contributed by atoms with Crippen molar-refractivity contribution in [3.8, 4) is 0 Å². The lowest BCUT2D eigenvalue weighted by atomic mass is 10.2. The third-order valence-corrected chi connectivity index (χ3v) is 3.39. The molecular formula is C17H12F5N3O2. The van der Waals surface area contributed by atoms with Crippen molar-refractivity contribution in [1.82, 2.24) is 10.7 Å². The zero-order valence-corrected chi connectivity index (χ0v) is 13.7. The Labute approximate surface area is 149 Å². The first-order valence-electron chi connectivity index (χ1n) is 7.44. The van der Waals surface area contributed by atoms with Crippen molar-refractivity contribution in [2.24, 2.45) is 5.10 Å². The van der Waals surface area contributed by atoms with Crippen LogP contribution in [0.2, 0.25) is 0 Å². The van der Waals surface area contributed by atoms with Gasteiger partial charge in [-0.1, -0.05) is 18.2 Å². The highest BCUT2D eigenvalue weighted by molar-refractivity contribution is 5.97. The quantitative estimate of drug-likeness (QED) is 0.273. The summed E-state index contributed by atoms with van der Waals surface area (Å²) in [7, 11) is 0. The molecule has 0 bridgehead atoms. The molecule has 10 heteroatoms. The van der Waals surface area contributed by atoms with Crippen LogP contribution in [0.5, 0.6) is 0 Å². The molecule has 27 heavy (non-hydrogen) atoms. The second-order valence-electron chi connectivity index (χ2n) is 5.28. The van der Waals surface area contributed by atoms with E-state index < -0.39 is 52.5 Å². The van der Waals surface area contributed by atoms with Gasteiger partial charge in [0.25, 0.3) is 11.8 Å². The molecule has 2 N–H and O–H groups in total. The van der Waals surface area contributed by atoms with Crippen LogP contribution in [-0.2, 0) is 4.79 Å². The van der Waals surface area contributed by atoms with Gasteiger partial charge in [0.1, 0.15) is 6.04 Å². The molecule has 0 radical (unpaired) electrons. The number of carbonyl (C=O) groups is 2. The van der Waals surface area contributed by atoms with Gasteiger partial charge in [0.2, 0.25) is 5.82 Å². The lowest BCUT2D eigenvalue weighted by molar-refractivity contribution is -0.122. The van der Waals surface area contributed by atoms with Crippen LogP contribution >= 0.6 is 0 Å². The predicted molar refractivity (Wildman–Crippen MR) is 85.3 cm³/mol. The highest BCUT2D eigenvalue weighted by atomic mass is 19.2. The van der Waals surface area contributed by atoms with E-state index in [9.17, 15) is 31.5 Å². The van der Waals surface area contributed by atoms with Crippen LogP contribution < -0.4 is 10.7 Å². The average Bonchev–Trinajstić information content (AvgIpc) is 2.67. The number of hydrazone groups is 1. The third kappa shape index (κ3) is 4.46. The van der Waals surface area contributed by atoms with E-state index in [1.165, 1.54) is 19.1 Å². The van der Waals surface area contributed by atoms with E-state index in [1.54, 1.807) is 18.2 Å². The monoisotopic (exact) mass is 385 g/mol. The van der Waals surface area contributed by atoms with Gasteiger partial charge in [-0.3, -0.25) is 9.59 Å². The molecule has 2 aromatic carbocycles. The first-order valence-corrected chi connectivity index (χ1v) is 7.44. The van der Waals surface area contributed by atoms with Crippen LogP contribution in [0.1, 0.15) is 22.8 Å². The Morgan fingerprint density at radius 1 is 0.926 bits per heavy atom. The molecule has 0 unspecified atom stereocenters. The molecule has 0 saturated carbocycles. The van der Waals surface area contributed by atoms with E-state index in [4.69, 9.17) is 0 Å². The molecule has 2 rings (SSSR count). The van der Waals surface area contributed by atoms with Crippen molar-refractivity contribution in [2.75, 3.05) is 0 Å². The molecule has 2 amide bonds. The SMILES string of the molecule is C[C@@H](NC(=O)c1ccccc1)C(=O)N/N=C\c1c(F)c(F)c(F)c(F)c1F. The number of nitrogens with one attached hydrogen (secondary N) is 2. The minimum absolute atomic E-state index is 0.278. The minimum Gasteiger partial charge on any atom is -0.340 e. The summed E-state index contributed by atoms with van der Waals surface area (Å²) in [4.78, 5) is 23.7. The molecule has 5 nitrogen and oxygen atoms in total. The predicted octanol–water partition coefficient (Wildman–Crippen LogP) is 2.65. The standard InChI is InChI=1S/C17H12F5N3O2/c1-8(24-17(27)9-5-3-2-4-6-9)16(26)25-23-7-10-11(18)13(20)15(22)14(21)12(10)19/h2-8H,1H3,(H,24,27)(H,25,26)/b23-7-/t8-/m1/s1. The average molecular weight is 385 g/mol. The van der Waals surface area contributed by atoms with E-state index in [-0.39, 0.29) is 6.21 Å². The first-order chi connectivity index (χ1) is 12.7. The zero-order valence-electron chi connectivity index (χ0n) is 13.7. The van der Waals surface area contributed by atoms with E-state index in [0.717, 1.165) is 0 Å². The minimum atomic E-state index is -2.30. The zero-order chi connectivity index (χ0) is 20.1. The highest BCUT2D eigenvalue weighted by Gasteiger charge is 2.24. The molecule has 1 atom stereocenters. The number of hydrogen-bond acceptors (Lipinski definition) is 3. The molecule has 0 fully saturated rings. The van der Waals surface area contributed by atoms with Gasteiger partial charge in [0.15, 0.2) is 23.3 Å². The van der Waals surface area contributed by atoms with E-state index in [0.29, 0.717) is 5.56 Å². The van der Waals surface area contributed by atoms with Crippen LogP contribution in [0.15, 0.2) is 35.4 Å². The molecule has 2 aromatic rings.